The van der Waals surface area contributed by atoms with E-state index in [0.29, 0.717) is 32.1 Å². The summed E-state index contributed by atoms with van der Waals surface area (Å²) in [5.41, 5.74) is 1.15. The maximum absolute atomic E-state index is 10.5. The number of carboxylic acid groups (broad SMARTS) is 1. The number of benzene rings is 1. The molecule has 1 aliphatic rings. The maximum atomic E-state index is 10.5. The van der Waals surface area contributed by atoms with E-state index in [1.807, 2.05) is 42.5 Å². The van der Waals surface area contributed by atoms with Crippen molar-refractivity contribution < 1.29 is 25.2 Å². The average Bonchev–Trinajstić information content (AvgIpc) is 2.93. The molecule has 0 spiro atoms. The molecule has 4 N–H and O–H groups in total. The van der Waals surface area contributed by atoms with Gasteiger partial charge >= 0.3 is 5.97 Å². The first kappa shape index (κ1) is 23.8. The summed E-state index contributed by atoms with van der Waals surface area (Å²) >= 11 is 3.44. The summed E-state index contributed by atoms with van der Waals surface area (Å²) < 4.78 is 1.02. The largest absolute Gasteiger partial charge is 0.481 e. The van der Waals surface area contributed by atoms with Crippen LogP contribution in [0.1, 0.15) is 44.1 Å². The summed E-state index contributed by atoms with van der Waals surface area (Å²) in [5.74, 6) is -1.10. The Balaban J connectivity index is 1.83. The number of aliphatic hydroxyl groups excluding tert-OH is 3. The first-order valence-electron chi connectivity index (χ1n) is 10.2. The van der Waals surface area contributed by atoms with E-state index in [1.54, 1.807) is 6.08 Å². The smallest absolute Gasteiger partial charge is 0.303 e. The third-order valence-corrected chi connectivity index (χ3v) is 5.92. The number of allylic oxidation sites excluding steroid dienone is 2. The van der Waals surface area contributed by atoms with Crippen LogP contribution in [0.4, 0.5) is 0 Å². The van der Waals surface area contributed by atoms with E-state index in [-0.39, 0.29) is 18.3 Å². The lowest BCUT2D eigenvalue weighted by Gasteiger charge is -2.19. The van der Waals surface area contributed by atoms with Gasteiger partial charge in [-0.05, 0) is 55.7 Å². The number of carbonyl (C=O) groups is 1. The van der Waals surface area contributed by atoms with Gasteiger partial charge in [0.2, 0.25) is 0 Å². The zero-order chi connectivity index (χ0) is 21.2. The molecule has 2 rings (SSSR count). The van der Waals surface area contributed by atoms with Crippen LogP contribution in [0.3, 0.4) is 0 Å². The lowest BCUT2D eigenvalue weighted by Crippen LogP contribution is -2.20. The fourth-order valence-corrected chi connectivity index (χ4v) is 4.26. The van der Waals surface area contributed by atoms with Crippen molar-refractivity contribution in [3.8, 4) is 0 Å². The topological polar surface area (TPSA) is 98.0 Å². The standard InChI is InChI=1S/C23H31BrO5/c24-17-7-5-6-16(14-17)10-11-18(25)12-13-20-19(21(26)15-22(20)27)8-3-1-2-4-9-23(28)29/h1,3,5-7,12-14,18-22,25-27H,2,4,8-11,15H2,(H,28,29)/b3-1-,13-12+/t18-,19+,20+,21-,22+/m0/s1. The van der Waals surface area contributed by atoms with E-state index >= 15 is 0 Å². The van der Waals surface area contributed by atoms with E-state index < -0.39 is 24.3 Å². The highest BCUT2D eigenvalue weighted by atomic mass is 79.9. The third-order valence-electron chi connectivity index (χ3n) is 5.43. The Morgan fingerprint density at radius 3 is 2.76 bits per heavy atom. The quantitative estimate of drug-likeness (QED) is 0.293. The van der Waals surface area contributed by atoms with E-state index in [4.69, 9.17) is 5.11 Å². The molecule has 1 aromatic carbocycles. The monoisotopic (exact) mass is 466 g/mol. The molecule has 0 saturated heterocycles. The summed E-state index contributed by atoms with van der Waals surface area (Å²) in [6.45, 7) is 0. The molecule has 6 heteroatoms. The van der Waals surface area contributed by atoms with Crippen molar-refractivity contribution in [3.63, 3.8) is 0 Å². The Labute approximate surface area is 180 Å². The number of aryl methyl sites for hydroxylation is 1. The van der Waals surface area contributed by atoms with Gasteiger partial charge in [-0.1, -0.05) is 52.4 Å². The Hall–Kier alpha value is -1.47. The van der Waals surface area contributed by atoms with Gasteiger partial charge in [0, 0.05) is 23.2 Å². The van der Waals surface area contributed by atoms with Crippen molar-refractivity contribution in [2.24, 2.45) is 11.8 Å². The Bertz CT molecular complexity index is 702. The number of unbranched alkanes of at least 4 members (excludes halogenated alkanes) is 1. The molecule has 1 saturated carbocycles. The Kier molecular flexibility index (Phi) is 10.1. The summed E-state index contributed by atoms with van der Waals surface area (Å²) in [6, 6.07) is 7.99. The summed E-state index contributed by atoms with van der Waals surface area (Å²) in [7, 11) is 0. The van der Waals surface area contributed by atoms with Gasteiger partial charge in [-0.15, -0.1) is 0 Å². The van der Waals surface area contributed by atoms with E-state index in [0.717, 1.165) is 16.5 Å². The average molecular weight is 467 g/mol. The number of rotatable bonds is 11. The van der Waals surface area contributed by atoms with Gasteiger partial charge in [-0.3, -0.25) is 4.79 Å². The second-order valence-corrected chi connectivity index (χ2v) is 8.64. The van der Waals surface area contributed by atoms with Crippen LogP contribution in [-0.2, 0) is 11.2 Å². The predicted octanol–water partition coefficient (Wildman–Crippen LogP) is 3.86. The molecule has 5 nitrogen and oxygen atoms in total. The molecule has 160 valence electrons. The molecular formula is C23H31BrO5. The second-order valence-electron chi connectivity index (χ2n) is 7.73. The fraction of sp³-hybridized carbons (Fsp3) is 0.522. The van der Waals surface area contributed by atoms with Gasteiger partial charge in [-0.25, -0.2) is 0 Å². The van der Waals surface area contributed by atoms with E-state index in [1.165, 1.54) is 0 Å². The fourth-order valence-electron chi connectivity index (χ4n) is 3.81. The van der Waals surface area contributed by atoms with Crippen molar-refractivity contribution in [1.29, 1.82) is 0 Å². The minimum absolute atomic E-state index is 0.103. The first-order valence-corrected chi connectivity index (χ1v) is 11.0. The first-order chi connectivity index (χ1) is 13.9. The highest BCUT2D eigenvalue weighted by Crippen LogP contribution is 2.36. The molecule has 1 fully saturated rings. The second kappa shape index (κ2) is 12.3. The summed E-state index contributed by atoms with van der Waals surface area (Å²) in [4.78, 5) is 10.5. The number of hydrogen-bond donors (Lipinski definition) is 4. The van der Waals surface area contributed by atoms with Crippen molar-refractivity contribution in [2.45, 2.75) is 63.3 Å². The van der Waals surface area contributed by atoms with E-state index in [9.17, 15) is 20.1 Å². The van der Waals surface area contributed by atoms with Crippen molar-refractivity contribution in [1.82, 2.24) is 0 Å². The molecule has 0 radical (unpaired) electrons. The lowest BCUT2D eigenvalue weighted by molar-refractivity contribution is -0.137. The van der Waals surface area contributed by atoms with Gasteiger partial charge in [0.1, 0.15) is 0 Å². The van der Waals surface area contributed by atoms with Crippen LogP contribution in [0.15, 0.2) is 53.0 Å². The van der Waals surface area contributed by atoms with Crippen LogP contribution in [-0.4, -0.2) is 44.7 Å². The SMILES string of the molecule is O=C(O)CCC/C=C\C[C@@H]1[C@@H](/C=C/[C@@H](O)CCc2cccc(Br)c2)[C@H](O)C[C@@H]1O. The van der Waals surface area contributed by atoms with Gasteiger partial charge < -0.3 is 20.4 Å². The highest BCUT2D eigenvalue weighted by molar-refractivity contribution is 9.10. The lowest BCUT2D eigenvalue weighted by atomic mass is 9.89. The molecule has 0 heterocycles. The third kappa shape index (κ3) is 8.42. The zero-order valence-corrected chi connectivity index (χ0v) is 18.1. The van der Waals surface area contributed by atoms with Crippen LogP contribution in [0, 0.1) is 11.8 Å². The van der Waals surface area contributed by atoms with Crippen LogP contribution < -0.4 is 0 Å². The number of halogens is 1. The van der Waals surface area contributed by atoms with Crippen molar-refractivity contribution in [2.75, 3.05) is 0 Å². The number of carboxylic acids is 1. The Morgan fingerprint density at radius 2 is 2.03 bits per heavy atom. The van der Waals surface area contributed by atoms with Crippen LogP contribution in [0.5, 0.6) is 0 Å². The molecule has 0 amide bonds. The van der Waals surface area contributed by atoms with Crippen LogP contribution in [0.25, 0.3) is 0 Å². The number of hydrogen-bond acceptors (Lipinski definition) is 4. The van der Waals surface area contributed by atoms with Crippen molar-refractivity contribution in [3.05, 3.63) is 58.6 Å². The molecule has 1 aliphatic carbocycles. The van der Waals surface area contributed by atoms with Gasteiger partial charge in [0.05, 0.1) is 18.3 Å². The van der Waals surface area contributed by atoms with Crippen LogP contribution in [0.2, 0.25) is 0 Å². The normalized spacial score (nSPS) is 25.8. The molecule has 1 aromatic rings. The summed E-state index contributed by atoms with van der Waals surface area (Å²) in [6.07, 6.45) is 9.39. The Morgan fingerprint density at radius 1 is 1.24 bits per heavy atom. The molecule has 0 aliphatic heterocycles. The predicted molar refractivity (Wildman–Crippen MR) is 116 cm³/mol. The summed E-state index contributed by atoms with van der Waals surface area (Å²) in [5, 5.41) is 39.5. The molecule has 29 heavy (non-hydrogen) atoms. The molecule has 5 atom stereocenters. The van der Waals surface area contributed by atoms with E-state index in [2.05, 4.69) is 15.9 Å². The zero-order valence-electron chi connectivity index (χ0n) is 16.5. The molecular weight excluding hydrogens is 436 g/mol. The minimum atomic E-state index is -0.795. The van der Waals surface area contributed by atoms with Gasteiger partial charge in [0.15, 0.2) is 0 Å². The van der Waals surface area contributed by atoms with Crippen molar-refractivity contribution >= 4 is 21.9 Å². The number of aliphatic hydroxyl groups is 3. The van der Waals surface area contributed by atoms with Gasteiger partial charge in [0.25, 0.3) is 0 Å². The maximum Gasteiger partial charge on any atom is 0.303 e. The molecule has 0 unspecified atom stereocenters. The molecule has 0 aromatic heterocycles. The van der Waals surface area contributed by atoms with Gasteiger partial charge in [-0.2, -0.15) is 0 Å². The minimum Gasteiger partial charge on any atom is -0.481 e. The highest BCUT2D eigenvalue weighted by Gasteiger charge is 2.39. The number of aliphatic carboxylic acids is 1. The van der Waals surface area contributed by atoms with Crippen LogP contribution >= 0.6 is 15.9 Å². The molecule has 0 bridgehead atoms.